The fourth-order valence-electron chi connectivity index (χ4n) is 15.6. The summed E-state index contributed by atoms with van der Waals surface area (Å²) in [6.45, 7) is 27.1. The number of para-hydroxylation sites is 1. The molecule has 3 heterocycles. The number of benzene rings is 9. The Hall–Kier alpha value is -7.14. The lowest BCUT2D eigenvalue weighted by atomic mass is 9.41. The highest BCUT2D eigenvalue weighted by atomic mass is 32.1. The van der Waals surface area contributed by atoms with Gasteiger partial charge in [0, 0.05) is 76.0 Å². The van der Waals surface area contributed by atoms with Gasteiger partial charge in [-0.3, -0.25) is 0 Å². The smallest absolute Gasteiger partial charge is 0.333 e. The van der Waals surface area contributed by atoms with Crippen molar-refractivity contribution < 1.29 is 0 Å². The Morgan fingerprint density at radius 3 is 1.74 bits per heavy atom. The van der Waals surface area contributed by atoms with Crippen molar-refractivity contribution in [1.82, 2.24) is 0 Å². The molecule has 3 aliphatic carbocycles. The number of hydrogen-bond acceptors (Lipinski definition) is 3. The van der Waals surface area contributed by atoms with Gasteiger partial charge in [0.2, 0.25) is 0 Å². The molecule has 5 aliphatic rings. The molecule has 0 saturated heterocycles. The van der Waals surface area contributed by atoms with Gasteiger partial charge in [-0.05, 0) is 156 Å². The van der Waals surface area contributed by atoms with Crippen LogP contribution in [0.1, 0.15) is 132 Å². The SMILES string of the molecule is Cc1cc2c(cc1N1c3cc4c(cc3B3c5c1cc1c(c5-c5c(ccc6sc7ccccc7c56)N3c3ccccc3-c3ccccc3)C(C)(C)c3ccccc3-1)C(C)(C)c1ccccc1C4(C)C)C(C)(C)CCC2(C)C. The second-order valence-corrected chi connectivity index (χ2v) is 27.0. The Morgan fingerprint density at radius 2 is 1.01 bits per heavy atom. The molecule has 0 atom stereocenters. The third-order valence-corrected chi connectivity index (χ3v) is 20.8. The molecule has 0 unspecified atom stereocenters. The van der Waals surface area contributed by atoms with Crippen molar-refractivity contribution in [2.24, 2.45) is 0 Å². The minimum absolute atomic E-state index is 0.0167. The molecule has 0 radical (unpaired) electrons. The van der Waals surface area contributed by atoms with Gasteiger partial charge in [-0.15, -0.1) is 11.3 Å². The number of anilines is 5. The fraction of sp³-hybridized carbons (Fsp3) is 0.250. The highest BCUT2D eigenvalue weighted by Crippen LogP contribution is 2.61. The van der Waals surface area contributed by atoms with Crippen LogP contribution in [0.2, 0.25) is 0 Å². The van der Waals surface area contributed by atoms with Gasteiger partial charge in [-0.25, -0.2) is 0 Å². The maximum absolute atomic E-state index is 2.81. The highest BCUT2D eigenvalue weighted by molar-refractivity contribution is 7.26. The minimum Gasteiger partial charge on any atom is -0.376 e. The van der Waals surface area contributed by atoms with Gasteiger partial charge in [0.1, 0.15) is 0 Å². The molecular formula is C72H65BN2S. The summed E-state index contributed by atoms with van der Waals surface area (Å²) in [7, 11) is 0. The lowest BCUT2D eigenvalue weighted by Crippen LogP contribution is -2.62. The minimum atomic E-state index is -0.287. The monoisotopic (exact) mass is 1000 g/mol. The average Bonchev–Trinajstić information content (AvgIpc) is 3.97. The topological polar surface area (TPSA) is 6.48 Å². The van der Waals surface area contributed by atoms with Crippen LogP contribution in [-0.2, 0) is 27.1 Å². The van der Waals surface area contributed by atoms with Crippen LogP contribution >= 0.6 is 11.3 Å². The molecule has 2 nitrogen and oxygen atoms in total. The van der Waals surface area contributed by atoms with Gasteiger partial charge >= 0.3 is 6.85 Å². The average molecular weight is 1000 g/mol. The van der Waals surface area contributed by atoms with Gasteiger partial charge in [-0.1, -0.05) is 197 Å². The van der Waals surface area contributed by atoms with Crippen LogP contribution in [0.4, 0.5) is 28.4 Å². The molecule has 0 amide bonds. The molecule has 372 valence electrons. The first-order valence-electron chi connectivity index (χ1n) is 27.8. The van der Waals surface area contributed by atoms with E-state index < -0.39 is 0 Å². The lowest BCUT2D eigenvalue weighted by Gasteiger charge is -2.50. The maximum Gasteiger partial charge on any atom is 0.333 e. The van der Waals surface area contributed by atoms with Crippen molar-refractivity contribution in [2.75, 3.05) is 9.71 Å². The van der Waals surface area contributed by atoms with E-state index in [0.717, 1.165) is 6.42 Å². The highest BCUT2D eigenvalue weighted by Gasteiger charge is 2.53. The Balaban J connectivity index is 1.17. The number of nitrogens with zero attached hydrogens (tertiary/aromatic N) is 2. The van der Waals surface area contributed by atoms with Crippen LogP contribution in [0.3, 0.4) is 0 Å². The van der Waals surface area contributed by atoms with E-state index in [2.05, 4.69) is 256 Å². The normalized spacial score (nSPS) is 18.0. The predicted octanol–water partition coefficient (Wildman–Crippen LogP) is 18.4. The molecule has 10 aromatic rings. The van der Waals surface area contributed by atoms with Crippen molar-refractivity contribution in [3.8, 4) is 33.4 Å². The molecule has 0 fully saturated rings. The zero-order chi connectivity index (χ0) is 52.2. The van der Waals surface area contributed by atoms with E-state index in [1.54, 1.807) is 0 Å². The Labute approximate surface area is 454 Å². The van der Waals surface area contributed by atoms with Crippen molar-refractivity contribution in [2.45, 2.75) is 116 Å². The second-order valence-electron chi connectivity index (χ2n) is 25.9. The third-order valence-electron chi connectivity index (χ3n) is 19.6. The molecule has 4 heteroatoms. The Morgan fingerprint density at radius 1 is 0.421 bits per heavy atom. The second kappa shape index (κ2) is 15.3. The Kier molecular flexibility index (Phi) is 9.29. The van der Waals surface area contributed by atoms with Crippen LogP contribution in [0.15, 0.2) is 170 Å². The van der Waals surface area contributed by atoms with E-state index in [0.29, 0.717) is 0 Å². The molecule has 2 aliphatic heterocycles. The summed E-state index contributed by atoms with van der Waals surface area (Å²) in [4.78, 5) is 5.59. The van der Waals surface area contributed by atoms with Gasteiger partial charge in [0.05, 0.1) is 0 Å². The number of fused-ring (bicyclic) bond motifs is 15. The van der Waals surface area contributed by atoms with Crippen molar-refractivity contribution in [1.29, 1.82) is 0 Å². The van der Waals surface area contributed by atoms with E-state index in [-0.39, 0.29) is 33.9 Å². The molecule has 0 saturated carbocycles. The van der Waals surface area contributed by atoms with E-state index in [9.17, 15) is 0 Å². The number of hydrogen-bond donors (Lipinski definition) is 0. The predicted molar refractivity (Wildman–Crippen MR) is 327 cm³/mol. The molecular weight excluding hydrogens is 936 g/mol. The van der Waals surface area contributed by atoms with Crippen LogP contribution in [0.25, 0.3) is 53.6 Å². The van der Waals surface area contributed by atoms with Gasteiger partial charge in [0.15, 0.2) is 0 Å². The van der Waals surface area contributed by atoms with E-state index in [1.807, 2.05) is 11.3 Å². The first kappa shape index (κ1) is 46.2. The molecule has 0 N–H and O–H groups in total. The van der Waals surface area contributed by atoms with Crippen LogP contribution in [0.5, 0.6) is 0 Å². The number of thiophene rings is 1. The molecule has 15 rings (SSSR count). The summed E-state index contributed by atoms with van der Waals surface area (Å²) >= 11 is 1.93. The summed E-state index contributed by atoms with van der Waals surface area (Å²) < 4.78 is 2.65. The standard InChI is InChI=1S/C72H65BN2S/c1-42-37-51-52(69(4,5)36-35-68(51,2)3)40-58(42)74-59-41-54-53(70(6,7)49-29-19-20-30-50(49)71(54,8)9)39-55(59)73-67-60(74)38-47-45-26-15-18-28-48(45)72(10,11)66(47)65(67)64-57(33-34-62-63(64)46-27-17-22-32-61(46)76-62)75(73)56-31-21-16-25-44(56)43-23-13-12-14-24-43/h12-34,37-41H,35-36H2,1-11H3. The number of aryl methyl sites for hydroxylation is 1. The molecule has 1 aromatic heterocycles. The van der Waals surface area contributed by atoms with Crippen molar-refractivity contribution in [3.63, 3.8) is 0 Å². The quantitative estimate of drug-likeness (QED) is 0.163. The first-order chi connectivity index (χ1) is 36.4. The van der Waals surface area contributed by atoms with Gasteiger partial charge < -0.3 is 9.71 Å². The van der Waals surface area contributed by atoms with Crippen LogP contribution in [0, 0.1) is 6.92 Å². The van der Waals surface area contributed by atoms with Crippen LogP contribution in [-0.4, -0.2) is 6.85 Å². The van der Waals surface area contributed by atoms with Gasteiger partial charge in [0.25, 0.3) is 0 Å². The first-order valence-corrected chi connectivity index (χ1v) is 28.7. The molecule has 0 spiro atoms. The van der Waals surface area contributed by atoms with E-state index in [1.165, 1.54) is 149 Å². The molecule has 0 bridgehead atoms. The zero-order valence-electron chi connectivity index (χ0n) is 46.0. The Bertz CT molecular complexity index is 4180. The summed E-state index contributed by atoms with van der Waals surface area (Å²) in [6.07, 6.45) is 2.33. The maximum atomic E-state index is 2.81. The summed E-state index contributed by atoms with van der Waals surface area (Å²) in [5, 5.41) is 2.69. The molecule has 9 aromatic carbocycles. The van der Waals surface area contributed by atoms with E-state index >= 15 is 0 Å². The molecule has 76 heavy (non-hydrogen) atoms. The fourth-order valence-corrected chi connectivity index (χ4v) is 16.7. The van der Waals surface area contributed by atoms with Crippen LogP contribution < -0.4 is 20.6 Å². The summed E-state index contributed by atoms with van der Waals surface area (Å²) in [6, 6.07) is 66.4. The lowest BCUT2D eigenvalue weighted by molar-refractivity contribution is 0.332. The van der Waals surface area contributed by atoms with Gasteiger partial charge in [-0.2, -0.15) is 0 Å². The third kappa shape index (κ3) is 5.95. The largest absolute Gasteiger partial charge is 0.376 e. The van der Waals surface area contributed by atoms with Crippen molar-refractivity contribution >= 4 is 77.7 Å². The zero-order valence-corrected chi connectivity index (χ0v) is 46.8. The summed E-state index contributed by atoms with van der Waals surface area (Å²) in [5.41, 5.74) is 29.1. The van der Waals surface area contributed by atoms with Crippen molar-refractivity contribution in [3.05, 3.63) is 220 Å². The van der Waals surface area contributed by atoms with E-state index in [4.69, 9.17) is 0 Å². The summed E-state index contributed by atoms with van der Waals surface area (Å²) in [5.74, 6) is 0. The number of rotatable bonds is 3.